The van der Waals surface area contributed by atoms with E-state index in [-0.39, 0.29) is 10.8 Å². The first-order chi connectivity index (χ1) is 29.4. The number of rotatable bonds is 9. The van der Waals surface area contributed by atoms with Crippen molar-refractivity contribution in [2.24, 2.45) is 5.92 Å². The Morgan fingerprint density at radius 2 is 0.900 bits per heavy atom. The lowest BCUT2D eigenvalue weighted by molar-refractivity contribution is 0.244. The smallest absolute Gasteiger partial charge is 0.0540 e. The van der Waals surface area contributed by atoms with Crippen molar-refractivity contribution in [2.75, 3.05) is 9.80 Å². The zero-order valence-corrected chi connectivity index (χ0v) is 34.9. The van der Waals surface area contributed by atoms with Gasteiger partial charge < -0.3 is 9.80 Å². The Balaban J connectivity index is 1.08. The van der Waals surface area contributed by atoms with Gasteiger partial charge in [0, 0.05) is 44.8 Å². The summed E-state index contributed by atoms with van der Waals surface area (Å²) in [5.41, 5.74) is 17.4. The van der Waals surface area contributed by atoms with Crippen molar-refractivity contribution in [3.05, 3.63) is 229 Å². The molecule has 2 aliphatic rings. The van der Waals surface area contributed by atoms with E-state index in [0.717, 1.165) is 23.5 Å². The minimum Gasteiger partial charge on any atom is -0.311 e. The van der Waals surface area contributed by atoms with Crippen LogP contribution in [-0.2, 0) is 10.8 Å². The molecule has 0 spiro atoms. The second kappa shape index (κ2) is 15.5. The molecule has 2 nitrogen and oxygen atoms in total. The molecular formula is C58H52N2. The molecule has 2 unspecified atom stereocenters. The molecule has 0 aromatic heterocycles. The summed E-state index contributed by atoms with van der Waals surface area (Å²) in [5, 5.41) is 0. The Hall–Kier alpha value is -6.64. The highest BCUT2D eigenvalue weighted by molar-refractivity contribution is 5.90. The third-order valence-electron chi connectivity index (χ3n) is 13.7. The maximum Gasteiger partial charge on any atom is 0.0540 e. The number of hydrogen-bond acceptors (Lipinski definition) is 2. The van der Waals surface area contributed by atoms with Gasteiger partial charge in [0.2, 0.25) is 0 Å². The van der Waals surface area contributed by atoms with Crippen LogP contribution in [0.2, 0.25) is 0 Å². The van der Waals surface area contributed by atoms with E-state index in [4.69, 9.17) is 0 Å². The van der Waals surface area contributed by atoms with Crippen LogP contribution in [0.25, 0.3) is 22.3 Å². The van der Waals surface area contributed by atoms with Crippen LogP contribution in [0.1, 0.15) is 68.7 Å². The van der Waals surface area contributed by atoms with E-state index < -0.39 is 0 Å². The first kappa shape index (κ1) is 37.6. The summed E-state index contributed by atoms with van der Waals surface area (Å²) < 4.78 is 0. The second-order valence-electron chi connectivity index (χ2n) is 17.3. The van der Waals surface area contributed by atoms with Crippen molar-refractivity contribution in [3.63, 3.8) is 0 Å². The number of fused-ring (bicyclic) bond motifs is 3. The molecule has 1 fully saturated rings. The van der Waals surface area contributed by atoms with Gasteiger partial charge in [0.05, 0.1) is 5.69 Å². The SMILES string of the molecule is CC1CCCCC1(c1ccc(N(c2ccccc2)c2ccccc2)cc1)c1ccc(N(c2ccc3c(c2)C(C)(C)c2ccccc2-3)c2ccccc2-c2ccccc2)cc1. The lowest BCUT2D eigenvalue weighted by atomic mass is 9.60. The Morgan fingerprint density at radius 1 is 0.417 bits per heavy atom. The predicted molar refractivity (Wildman–Crippen MR) is 254 cm³/mol. The predicted octanol–water partition coefficient (Wildman–Crippen LogP) is 16.1. The van der Waals surface area contributed by atoms with Crippen LogP contribution in [0.4, 0.5) is 34.1 Å². The van der Waals surface area contributed by atoms with E-state index in [1.807, 2.05) is 0 Å². The molecule has 0 radical (unpaired) electrons. The van der Waals surface area contributed by atoms with Crippen molar-refractivity contribution in [3.8, 4) is 22.3 Å². The summed E-state index contributed by atoms with van der Waals surface area (Å²) in [5.74, 6) is 0.498. The van der Waals surface area contributed by atoms with Crippen molar-refractivity contribution in [2.45, 2.75) is 57.3 Å². The summed E-state index contributed by atoms with van der Waals surface area (Å²) in [7, 11) is 0. The number of anilines is 6. The number of para-hydroxylation sites is 3. The van der Waals surface area contributed by atoms with Gasteiger partial charge in [0.15, 0.2) is 0 Å². The van der Waals surface area contributed by atoms with E-state index in [9.17, 15) is 0 Å². The maximum absolute atomic E-state index is 2.49. The normalized spacial score (nSPS) is 17.7. The molecule has 8 aromatic carbocycles. The highest BCUT2D eigenvalue weighted by Crippen LogP contribution is 2.53. The minimum atomic E-state index is -0.102. The molecule has 294 valence electrons. The van der Waals surface area contributed by atoms with Gasteiger partial charge in [0.1, 0.15) is 0 Å². The molecule has 0 N–H and O–H groups in total. The number of hydrogen-bond donors (Lipinski definition) is 0. The van der Waals surface area contributed by atoms with E-state index in [2.05, 4.69) is 237 Å². The summed E-state index contributed by atoms with van der Waals surface area (Å²) >= 11 is 0. The van der Waals surface area contributed by atoms with Gasteiger partial charge in [-0.1, -0.05) is 173 Å². The zero-order valence-electron chi connectivity index (χ0n) is 34.9. The van der Waals surface area contributed by atoms with Gasteiger partial charge in [-0.3, -0.25) is 0 Å². The number of nitrogens with zero attached hydrogens (tertiary/aromatic N) is 2. The molecule has 8 aromatic rings. The third kappa shape index (κ3) is 6.43. The van der Waals surface area contributed by atoms with Gasteiger partial charge >= 0.3 is 0 Å². The lowest BCUT2D eigenvalue weighted by Crippen LogP contribution is -2.37. The second-order valence-corrected chi connectivity index (χ2v) is 17.3. The third-order valence-corrected chi connectivity index (χ3v) is 13.7. The minimum absolute atomic E-state index is 0.0875. The topological polar surface area (TPSA) is 6.48 Å². The summed E-state index contributed by atoms with van der Waals surface area (Å²) in [4.78, 5) is 4.84. The molecule has 0 heterocycles. The fourth-order valence-corrected chi connectivity index (χ4v) is 10.6. The number of benzene rings is 8. The van der Waals surface area contributed by atoms with Gasteiger partial charge in [-0.25, -0.2) is 0 Å². The van der Waals surface area contributed by atoms with Gasteiger partial charge in [-0.2, -0.15) is 0 Å². The fraction of sp³-hybridized carbons (Fsp3) is 0.172. The fourth-order valence-electron chi connectivity index (χ4n) is 10.6. The van der Waals surface area contributed by atoms with Crippen LogP contribution in [-0.4, -0.2) is 0 Å². The molecule has 0 aliphatic heterocycles. The Morgan fingerprint density at radius 3 is 1.52 bits per heavy atom. The largest absolute Gasteiger partial charge is 0.311 e. The van der Waals surface area contributed by atoms with Crippen LogP contribution in [0.15, 0.2) is 206 Å². The lowest BCUT2D eigenvalue weighted by Gasteiger charge is -2.44. The Bertz CT molecular complexity index is 2700. The average Bonchev–Trinajstić information content (AvgIpc) is 3.54. The molecular weight excluding hydrogens is 725 g/mol. The van der Waals surface area contributed by atoms with E-state index in [1.54, 1.807) is 0 Å². The summed E-state index contributed by atoms with van der Waals surface area (Å²) in [6.45, 7) is 7.22. The molecule has 2 heteroatoms. The van der Waals surface area contributed by atoms with Crippen molar-refractivity contribution < 1.29 is 0 Å². The van der Waals surface area contributed by atoms with Gasteiger partial charge in [-0.15, -0.1) is 0 Å². The highest BCUT2D eigenvalue weighted by Gasteiger charge is 2.42. The van der Waals surface area contributed by atoms with Gasteiger partial charge in [0.25, 0.3) is 0 Å². The van der Waals surface area contributed by atoms with Crippen molar-refractivity contribution in [1.82, 2.24) is 0 Å². The zero-order chi connectivity index (χ0) is 40.7. The maximum atomic E-state index is 2.49. The quantitative estimate of drug-likeness (QED) is 0.144. The molecule has 10 rings (SSSR count). The highest BCUT2D eigenvalue weighted by atomic mass is 15.1. The van der Waals surface area contributed by atoms with Crippen LogP contribution in [0.5, 0.6) is 0 Å². The van der Waals surface area contributed by atoms with Crippen LogP contribution in [0.3, 0.4) is 0 Å². The molecule has 1 saturated carbocycles. The van der Waals surface area contributed by atoms with E-state index in [1.165, 1.54) is 80.8 Å². The van der Waals surface area contributed by atoms with Crippen LogP contribution < -0.4 is 9.80 Å². The van der Waals surface area contributed by atoms with Crippen LogP contribution >= 0.6 is 0 Å². The first-order valence-corrected chi connectivity index (χ1v) is 21.7. The average molecular weight is 777 g/mol. The van der Waals surface area contributed by atoms with Gasteiger partial charge in [-0.05, 0) is 124 Å². The Labute approximate surface area is 356 Å². The molecule has 0 saturated heterocycles. The van der Waals surface area contributed by atoms with E-state index >= 15 is 0 Å². The summed E-state index contributed by atoms with van der Waals surface area (Å²) in [6, 6.07) is 76.3. The molecule has 60 heavy (non-hydrogen) atoms. The standard InChI is InChI=1S/C58H52N2/c1-42-19-17-18-40-58(42,44-30-34-48(35-31-44)59(46-22-9-5-10-23-46)47-24-11-6-12-25-47)45-32-36-49(37-33-45)60(56-29-16-14-26-51(56)43-20-7-4-8-21-43)50-38-39-53-52-27-13-15-28-54(52)57(2,3)55(53)41-50/h4-16,20-39,41-42H,17-19,40H2,1-3H3. The van der Waals surface area contributed by atoms with Crippen LogP contribution in [0, 0.1) is 5.92 Å². The molecule has 0 bridgehead atoms. The first-order valence-electron chi connectivity index (χ1n) is 21.7. The van der Waals surface area contributed by atoms with E-state index in [0.29, 0.717) is 5.92 Å². The van der Waals surface area contributed by atoms with Crippen molar-refractivity contribution in [1.29, 1.82) is 0 Å². The molecule has 0 amide bonds. The molecule has 2 aliphatic carbocycles. The summed E-state index contributed by atoms with van der Waals surface area (Å²) in [6.07, 6.45) is 4.85. The van der Waals surface area contributed by atoms with Crippen molar-refractivity contribution >= 4 is 34.1 Å². The molecule has 2 atom stereocenters. The monoisotopic (exact) mass is 776 g/mol. The Kier molecular flexibility index (Phi) is 9.73.